The minimum atomic E-state index is 0.761. The number of unbranched alkanes of at least 4 members (excludes halogenated alkanes) is 1. The summed E-state index contributed by atoms with van der Waals surface area (Å²) in [6.45, 7) is 2.91. The highest BCUT2D eigenvalue weighted by atomic mass is 16.5. The van der Waals surface area contributed by atoms with Crippen LogP contribution in [0, 0.1) is 0 Å². The van der Waals surface area contributed by atoms with E-state index in [1.54, 1.807) is 11.0 Å². The molecule has 0 unspecified atom stereocenters. The van der Waals surface area contributed by atoms with E-state index in [9.17, 15) is 0 Å². The first-order valence-electron chi connectivity index (χ1n) is 5.48. The minimum absolute atomic E-state index is 0.761. The zero-order valence-corrected chi connectivity index (χ0v) is 9.34. The first-order valence-corrected chi connectivity index (χ1v) is 5.48. The van der Waals surface area contributed by atoms with Crippen LogP contribution in [-0.4, -0.2) is 21.4 Å². The maximum absolute atomic E-state index is 5.62. The normalized spacial score (nSPS) is 10.3. The Morgan fingerprint density at radius 1 is 1.38 bits per heavy atom. The van der Waals surface area contributed by atoms with E-state index in [0.29, 0.717) is 0 Å². The van der Waals surface area contributed by atoms with Gasteiger partial charge in [0.1, 0.15) is 18.4 Å². The molecule has 0 aliphatic rings. The molecule has 4 heteroatoms. The summed E-state index contributed by atoms with van der Waals surface area (Å²) in [5.74, 6) is 0.876. The molecule has 84 valence electrons. The first-order chi connectivity index (χ1) is 7.90. The van der Waals surface area contributed by atoms with Gasteiger partial charge in [-0.05, 0) is 18.6 Å². The van der Waals surface area contributed by atoms with Gasteiger partial charge in [0, 0.05) is 6.07 Å². The molecule has 1 heterocycles. The summed E-state index contributed by atoms with van der Waals surface area (Å²) in [7, 11) is 0. The van der Waals surface area contributed by atoms with E-state index < -0.39 is 0 Å². The van der Waals surface area contributed by atoms with Gasteiger partial charge in [0.05, 0.1) is 12.3 Å². The predicted molar refractivity (Wildman–Crippen MR) is 61.8 cm³/mol. The van der Waals surface area contributed by atoms with Gasteiger partial charge in [-0.1, -0.05) is 19.4 Å². The summed E-state index contributed by atoms with van der Waals surface area (Å²) in [5, 5.41) is 4.07. The lowest BCUT2D eigenvalue weighted by Crippen LogP contribution is -1.98. The van der Waals surface area contributed by atoms with Crippen molar-refractivity contribution in [2.75, 3.05) is 6.61 Å². The van der Waals surface area contributed by atoms with E-state index in [0.717, 1.165) is 30.9 Å². The van der Waals surface area contributed by atoms with Crippen molar-refractivity contribution < 1.29 is 4.74 Å². The maximum Gasteiger partial charge on any atom is 0.138 e. The monoisotopic (exact) mass is 217 g/mol. The van der Waals surface area contributed by atoms with Gasteiger partial charge in [-0.2, -0.15) is 5.10 Å². The van der Waals surface area contributed by atoms with E-state index in [1.165, 1.54) is 6.33 Å². The van der Waals surface area contributed by atoms with E-state index in [2.05, 4.69) is 17.0 Å². The maximum atomic E-state index is 5.62. The van der Waals surface area contributed by atoms with Crippen molar-refractivity contribution in [2.24, 2.45) is 0 Å². The molecule has 2 rings (SSSR count). The molecule has 0 amide bonds. The van der Waals surface area contributed by atoms with Gasteiger partial charge in [0.2, 0.25) is 0 Å². The zero-order valence-electron chi connectivity index (χ0n) is 9.34. The van der Waals surface area contributed by atoms with Crippen molar-refractivity contribution in [1.82, 2.24) is 14.8 Å². The van der Waals surface area contributed by atoms with Crippen LogP contribution < -0.4 is 4.74 Å². The molecule has 4 nitrogen and oxygen atoms in total. The second kappa shape index (κ2) is 5.30. The molecule has 0 saturated carbocycles. The van der Waals surface area contributed by atoms with Gasteiger partial charge in [0.25, 0.3) is 0 Å². The number of hydrogen-bond acceptors (Lipinski definition) is 3. The Balaban J connectivity index is 2.08. The number of benzene rings is 1. The third-order valence-corrected chi connectivity index (χ3v) is 2.27. The second-order valence-electron chi connectivity index (χ2n) is 3.54. The van der Waals surface area contributed by atoms with Crippen molar-refractivity contribution in [1.29, 1.82) is 0 Å². The van der Waals surface area contributed by atoms with Crippen molar-refractivity contribution in [3.63, 3.8) is 0 Å². The van der Waals surface area contributed by atoms with Crippen LogP contribution in [0.3, 0.4) is 0 Å². The summed E-state index contributed by atoms with van der Waals surface area (Å²) in [6, 6.07) is 7.85. The molecule has 0 radical (unpaired) electrons. The number of ether oxygens (including phenoxy) is 1. The predicted octanol–water partition coefficient (Wildman–Crippen LogP) is 2.45. The molecule has 0 aliphatic heterocycles. The fourth-order valence-corrected chi connectivity index (χ4v) is 1.39. The van der Waals surface area contributed by atoms with Crippen molar-refractivity contribution in [2.45, 2.75) is 19.8 Å². The summed E-state index contributed by atoms with van der Waals surface area (Å²) in [5.41, 5.74) is 0.964. The van der Waals surface area contributed by atoms with Gasteiger partial charge in [0.15, 0.2) is 0 Å². The fourth-order valence-electron chi connectivity index (χ4n) is 1.39. The Morgan fingerprint density at radius 3 is 3.06 bits per heavy atom. The molecule has 1 aromatic heterocycles. The highest BCUT2D eigenvalue weighted by Crippen LogP contribution is 2.15. The van der Waals surface area contributed by atoms with Crippen molar-refractivity contribution >= 4 is 0 Å². The van der Waals surface area contributed by atoms with E-state index >= 15 is 0 Å². The molecular weight excluding hydrogens is 202 g/mol. The molecule has 0 fully saturated rings. The molecule has 0 spiro atoms. The number of nitrogens with zero attached hydrogens (tertiary/aromatic N) is 3. The Bertz CT molecular complexity index is 426. The first kappa shape index (κ1) is 10.7. The van der Waals surface area contributed by atoms with Crippen LogP contribution in [0.15, 0.2) is 36.9 Å². The zero-order chi connectivity index (χ0) is 11.2. The standard InChI is InChI=1S/C12H15N3O/c1-2-3-7-16-12-6-4-5-11(8-12)15-10-13-9-14-15/h4-6,8-10H,2-3,7H2,1H3. The molecule has 1 aromatic carbocycles. The summed E-state index contributed by atoms with van der Waals surface area (Å²) in [4.78, 5) is 3.91. The smallest absolute Gasteiger partial charge is 0.138 e. The van der Waals surface area contributed by atoms with Crippen LogP contribution in [0.4, 0.5) is 0 Å². The highest BCUT2D eigenvalue weighted by molar-refractivity contribution is 5.38. The van der Waals surface area contributed by atoms with E-state index in [-0.39, 0.29) is 0 Å². The Hall–Kier alpha value is -1.84. The number of rotatable bonds is 5. The van der Waals surface area contributed by atoms with E-state index in [1.807, 2.05) is 24.3 Å². The van der Waals surface area contributed by atoms with Crippen LogP contribution in [-0.2, 0) is 0 Å². The van der Waals surface area contributed by atoms with Crippen LogP contribution >= 0.6 is 0 Å². The summed E-state index contributed by atoms with van der Waals surface area (Å²) in [6.07, 6.45) is 5.41. The third kappa shape index (κ3) is 2.59. The molecule has 0 atom stereocenters. The Labute approximate surface area is 94.9 Å². The molecule has 0 bridgehead atoms. The molecule has 0 saturated heterocycles. The minimum Gasteiger partial charge on any atom is -0.494 e. The third-order valence-electron chi connectivity index (χ3n) is 2.27. The number of aromatic nitrogens is 3. The van der Waals surface area contributed by atoms with Crippen LogP contribution in [0.5, 0.6) is 5.75 Å². The quantitative estimate of drug-likeness (QED) is 0.722. The molecular formula is C12H15N3O. The van der Waals surface area contributed by atoms with Gasteiger partial charge in [-0.3, -0.25) is 0 Å². The second-order valence-corrected chi connectivity index (χ2v) is 3.54. The van der Waals surface area contributed by atoms with Crippen LogP contribution in [0.25, 0.3) is 5.69 Å². The Kier molecular flexibility index (Phi) is 3.53. The molecule has 2 aromatic rings. The van der Waals surface area contributed by atoms with Crippen molar-refractivity contribution in [3.05, 3.63) is 36.9 Å². The summed E-state index contributed by atoms with van der Waals surface area (Å²) >= 11 is 0. The topological polar surface area (TPSA) is 39.9 Å². The average molecular weight is 217 g/mol. The van der Waals surface area contributed by atoms with Crippen LogP contribution in [0.2, 0.25) is 0 Å². The fraction of sp³-hybridized carbons (Fsp3) is 0.333. The van der Waals surface area contributed by atoms with Gasteiger partial charge >= 0.3 is 0 Å². The highest BCUT2D eigenvalue weighted by Gasteiger charge is 1.99. The van der Waals surface area contributed by atoms with Crippen molar-refractivity contribution in [3.8, 4) is 11.4 Å². The SMILES string of the molecule is CCCCOc1cccc(-n2cncn2)c1. The van der Waals surface area contributed by atoms with E-state index in [4.69, 9.17) is 4.74 Å². The number of hydrogen-bond donors (Lipinski definition) is 0. The average Bonchev–Trinajstić information content (AvgIpc) is 2.83. The van der Waals surface area contributed by atoms with Crippen LogP contribution in [0.1, 0.15) is 19.8 Å². The molecule has 0 aliphatic carbocycles. The lowest BCUT2D eigenvalue weighted by Gasteiger charge is -2.07. The van der Waals surface area contributed by atoms with Gasteiger partial charge in [-0.15, -0.1) is 0 Å². The van der Waals surface area contributed by atoms with Gasteiger partial charge < -0.3 is 4.74 Å². The lowest BCUT2D eigenvalue weighted by atomic mass is 10.3. The van der Waals surface area contributed by atoms with Gasteiger partial charge in [-0.25, -0.2) is 9.67 Å². The summed E-state index contributed by atoms with van der Waals surface area (Å²) < 4.78 is 7.34. The molecule has 0 N–H and O–H groups in total. The largest absolute Gasteiger partial charge is 0.494 e. The molecule has 16 heavy (non-hydrogen) atoms. The lowest BCUT2D eigenvalue weighted by molar-refractivity contribution is 0.309. The Morgan fingerprint density at radius 2 is 2.31 bits per heavy atom.